The van der Waals surface area contributed by atoms with E-state index < -0.39 is 17.8 Å². The largest absolute Gasteiger partial charge is 0.437 e. The number of rotatable bonds is 3. The van der Waals surface area contributed by atoms with Crippen molar-refractivity contribution in [2.45, 2.75) is 6.18 Å². The van der Waals surface area contributed by atoms with E-state index in [1.165, 1.54) is 18.5 Å². The first-order chi connectivity index (χ1) is 8.99. The van der Waals surface area contributed by atoms with Gasteiger partial charge in [0.25, 0.3) is 0 Å². The molecule has 19 heavy (non-hydrogen) atoms. The van der Waals surface area contributed by atoms with Crippen LogP contribution in [0.25, 0.3) is 0 Å². The zero-order chi connectivity index (χ0) is 13.9. The molecule has 0 saturated heterocycles. The van der Waals surface area contributed by atoms with Crippen LogP contribution in [-0.4, -0.2) is 15.0 Å². The molecule has 9 heteroatoms. The molecule has 0 unspecified atom stereocenters. The Labute approximate surface area is 105 Å². The fourth-order valence-electron chi connectivity index (χ4n) is 1.22. The molecule has 0 aliphatic carbocycles. The molecule has 3 N–H and O–H groups in total. The van der Waals surface area contributed by atoms with E-state index in [1.807, 2.05) is 5.43 Å². The molecule has 2 rings (SSSR count). The first-order valence-electron chi connectivity index (χ1n) is 5.00. The molecule has 0 radical (unpaired) electrons. The second kappa shape index (κ2) is 5.06. The average Bonchev–Trinajstić information content (AvgIpc) is 2.38. The number of nitrogens with one attached hydrogen (secondary N) is 1. The maximum Gasteiger partial charge on any atom is 0.433 e. The zero-order valence-corrected chi connectivity index (χ0v) is 9.35. The Morgan fingerprint density at radius 3 is 2.63 bits per heavy atom. The molecule has 2 aromatic rings. The molecule has 2 aromatic heterocycles. The minimum atomic E-state index is -4.62. The quantitative estimate of drug-likeness (QED) is 0.655. The number of aromatic nitrogens is 3. The van der Waals surface area contributed by atoms with Crippen molar-refractivity contribution in [1.29, 1.82) is 0 Å². The van der Waals surface area contributed by atoms with Crippen molar-refractivity contribution in [2.75, 3.05) is 5.43 Å². The van der Waals surface area contributed by atoms with Gasteiger partial charge < -0.3 is 4.74 Å². The third-order valence-electron chi connectivity index (χ3n) is 1.98. The van der Waals surface area contributed by atoms with Gasteiger partial charge in [0, 0.05) is 12.3 Å². The highest BCUT2D eigenvalue weighted by Gasteiger charge is 2.34. The number of alkyl halides is 3. The van der Waals surface area contributed by atoms with Crippen LogP contribution in [0, 0.1) is 0 Å². The highest BCUT2D eigenvalue weighted by atomic mass is 19.4. The smallest absolute Gasteiger partial charge is 0.433 e. The van der Waals surface area contributed by atoms with Gasteiger partial charge in [-0.15, -0.1) is 0 Å². The van der Waals surface area contributed by atoms with Crippen LogP contribution in [0.5, 0.6) is 11.6 Å². The number of hydrogen-bond donors (Lipinski definition) is 2. The van der Waals surface area contributed by atoms with Crippen molar-refractivity contribution in [3.63, 3.8) is 0 Å². The number of nitrogens with two attached hydrogens (primary N) is 1. The Morgan fingerprint density at radius 1 is 1.26 bits per heavy atom. The molecule has 0 aliphatic heterocycles. The van der Waals surface area contributed by atoms with Crippen LogP contribution in [-0.2, 0) is 6.18 Å². The summed E-state index contributed by atoms with van der Waals surface area (Å²) in [5.41, 5.74) is 0.790. The van der Waals surface area contributed by atoms with Crippen LogP contribution in [0.4, 0.5) is 19.1 Å². The van der Waals surface area contributed by atoms with E-state index in [0.717, 1.165) is 0 Å². The fourth-order valence-corrected chi connectivity index (χ4v) is 1.22. The molecule has 0 atom stereocenters. The molecule has 0 amide bonds. The Balaban J connectivity index is 2.35. The Morgan fingerprint density at radius 2 is 2.05 bits per heavy atom. The fraction of sp³-hybridized carbons (Fsp3) is 0.100. The van der Waals surface area contributed by atoms with Crippen molar-refractivity contribution in [3.8, 4) is 11.6 Å². The predicted octanol–water partition coefficient (Wildman–Crippen LogP) is 1.97. The lowest BCUT2D eigenvalue weighted by molar-refractivity contribution is -0.141. The van der Waals surface area contributed by atoms with E-state index in [0.29, 0.717) is 6.07 Å². The standard InChI is InChI=1S/C10H8F3N5O/c11-10(12,13)7-4-8(17-9(16-7)18-14)19-6-2-1-3-15-5-6/h1-5H,14H2,(H,16,17,18). The van der Waals surface area contributed by atoms with Gasteiger partial charge in [0.2, 0.25) is 11.8 Å². The summed E-state index contributed by atoms with van der Waals surface area (Å²) < 4.78 is 42.9. The number of pyridine rings is 1. The molecule has 0 aromatic carbocycles. The van der Waals surface area contributed by atoms with Gasteiger partial charge in [0.05, 0.1) is 6.20 Å². The van der Waals surface area contributed by atoms with E-state index in [2.05, 4.69) is 15.0 Å². The number of halogens is 3. The second-order valence-electron chi connectivity index (χ2n) is 3.35. The molecule has 6 nitrogen and oxygen atoms in total. The lowest BCUT2D eigenvalue weighted by Crippen LogP contribution is -2.15. The molecule has 0 bridgehead atoms. The van der Waals surface area contributed by atoms with Gasteiger partial charge in [0.15, 0.2) is 5.69 Å². The summed E-state index contributed by atoms with van der Waals surface area (Å²) in [6, 6.07) is 3.77. The van der Waals surface area contributed by atoms with Gasteiger partial charge in [-0.05, 0) is 12.1 Å². The number of nitrogens with zero attached hydrogens (tertiary/aromatic N) is 3. The maximum atomic E-state index is 12.6. The van der Waals surface area contributed by atoms with E-state index in [4.69, 9.17) is 10.6 Å². The summed E-state index contributed by atoms with van der Waals surface area (Å²) in [6.07, 6.45) is -1.78. The molecule has 0 fully saturated rings. The molecule has 0 aliphatic rings. The van der Waals surface area contributed by atoms with Crippen LogP contribution < -0.4 is 16.0 Å². The lowest BCUT2D eigenvalue weighted by Gasteiger charge is -2.10. The maximum absolute atomic E-state index is 12.6. The number of hydrogen-bond acceptors (Lipinski definition) is 6. The predicted molar refractivity (Wildman–Crippen MR) is 59.2 cm³/mol. The van der Waals surface area contributed by atoms with Gasteiger partial charge >= 0.3 is 6.18 Å². The van der Waals surface area contributed by atoms with Gasteiger partial charge in [-0.1, -0.05) is 0 Å². The summed E-state index contributed by atoms with van der Waals surface area (Å²) in [6.45, 7) is 0. The summed E-state index contributed by atoms with van der Waals surface area (Å²) in [5, 5.41) is 0. The number of hydrazine groups is 1. The SMILES string of the molecule is NNc1nc(Oc2cccnc2)cc(C(F)(F)F)n1. The van der Waals surface area contributed by atoms with Crippen LogP contribution in [0.15, 0.2) is 30.6 Å². The second-order valence-corrected chi connectivity index (χ2v) is 3.35. The third kappa shape index (κ3) is 3.28. The van der Waals surface area contributed by atoms with Crippen molar-refractivity contribution < 1.29 is 17.9 Å². The third-order valence-corrected chi connectivity index (χ3v) is 1.98. The lowest BCUT2D eigenvalue weighted by atomic mass is 10.4. The zero-order valence-electron chi connectivity index (χ0n) is 9.35. The van der Waals surface area contributed by atoms with Crippen LogP contribution in [0.1, 0.15) is 5.69 Å². The van der Waals surface area contributed by atoms with Gasteiger partial charge in [-0.2, -0.15) is 18.2 Å². The van der Waals surface area contributed by atoms with Crippen molar-refractivity contribution in [1.82, 2.24) is 15.0 Å². The van der Waals surface area contributed by atoms with Gasteiger partial charge in [-0.3, -0.25) is 10.4 Å². The Kier molecular flexibility index (Phi) is 3.47. The molecule has 2 heterocycles. The summed E-state index contributed by atoms with van der Waals surface area (Å²) in [7, 11) is 0. The minimum absolute atomic E-state index is 0.247. The molecule has 0 spiro atoms. The van der Waals surface area contributed by atoms with Gasteiger partial charge in [0.1, 0.15) is 5.75 Å². The number of anilines is 1. The highest BCUT2D eigenvalue weighted by molar-refractivity contribution is 5.33. The molecular formula is C10H8F3N5O. The van der Waals surface area contributed by atoms with Crippen molar-refractivity contribution in [2.24, 2.45) is 5.84 Å². The van der Waals surface area contributed by atoms with E-state index in [-0.39, 0.29) is 11.6 Å². The molecule has 100 valence electrons. The number of nitrogen functional groups attached to an aromatic ring is 1. The molecular weight excluding hydrogens is 263 g/mol. The van der Waals surface area contributed by atoms with Crippen molar-refractivity contribution >= 4 is 5.95 Å². The van der Waals surface area contributed by atoms with E-state index in [1.54, 1.807) is 6.07 Å². The van der Waals surface area contributed by atoms with E-state index in [9.17, 15) is 13.2 Å². The minimum Gasteiger partial charge on any atom is -0.437 e. The molecule has 0 saturated carbocycles. The summed E-state index contributed by atoms with van der Waals surface area (Å²) in [5.74, 6) is 4.58. The van der Waals surface area contributed by atoms with Crippen LogP contribution >= 0.6 is 0 Å². The topological polar surface area (TPSA) is 86.0 Å². The van der Waals surface area contributed by atoms with Crippen LogP contribution in [0.3, 0.4) is 0 Å². The van der Waals surface area contributed by atoms with Crippen molar-refractivity contribution in [3.05, 3.63) is 36.3 Å². The average molecular weight is 271 g/mol. The highest BCUT2D eigenvalue weighted by Crippen LogP contribution is 2.31. The van der Waals surface area contributed by atoms with Crippen LogP contribution in [0.2, 0.25) is 0 Å². The van der Waals surface area contributed by atoms with E-state index >= 15 is 0 Å². The Bertz CT molecular complexity index is 561. The normalized spacial score (nSPS) is 11.2. The number of ether oxygens (including phenoxy) is 1. The summed E-state index contributed by atoms with van der Waals surface area (Å²) >= 11 is 0. The monoisotopic (exact) mass is 271 g/mol. The summed E-state index contributed by atoms with van der Waals surface area (Å²) in [4.78, 5) is 10.6. The first-order valence-corrected chi connectivity index (χ1v) is 5.00. The van der Waals surface area contributed by atoms with Gasteiger partial charge in [-0.25, -0.2) is 10.8 Å². The first kappa shape index (κ1) is 13.0. The Hall–Kier alpha value is -2.42.